The van der Waals surface area contributed by atoms with Crippen molar-refractivity contribution in [1.82, 2.24) is 4.98 Å². The van der Waals surface area contributed by atoms with Crippen LogP contribution in [0.25, 0.3) is 10.9 Å². The van der Waals surface area contributed by atoms with E-state index in [0.29, 0.717) is 0 Å². The van der Waals surface area contributed by atoms with Crippen molar-refractivity contribution in [3.05, 3.63) is 63.5 Å². The number of aromatic nitrogens is 1. The average molecular weight is 280 g/mol. The van der Waals surface area contributed by atoms with E-state index in [1.54, 1.807) is 0 Å². The Labute approximate surface area is 122 Å². The van der Waals surface area contributed by atoms with Gasteiger partial charge in [-0.05, 0) is 48.6 Å². The minimum atomic E-state index is -0.0431. The summed E-state index contributed by atoms with van der Waals surface area (Å²) in [5, 5.41) is 1.16. The summed E-state index contributed by atoms with van der Waals surface area (Å²) in [5.41, 5.74) is 10.2. The fraction of sp³-hybridized carbons (Fsp3) is 0.235. The van der Waals surface area contributed by atoms with Crippen LogP contribution in [0.2, 0.25) is 0 Å². The summed E-state index contributed by atoms with van der Waals surface area (Å²) in [5.74, 6) is 0. The van der Waals surface area contributed by atoms with Crippen LogP contribution < -0.4 is 5.73 Å². The molecule has 3 heteroatoms. The second-order valence-electron chi connectivity index (χ2n) is 5.35. The predicted octanol–water partition coefficient (Wildman–Crippen LogP) is 3.83. The van der Waals surface area contributed by atoms with Crippen LogP contribution in [0, 0.1) is 0 Å². The Morgan fingerprint density at radius 3 is 3.00 bits per heavy atom. The normalized spacial score (nSPS) is 15.4. The molecule has 0 spiro atoms. The van der Waals surface area contributed by atoms with E-state index in [0.717, 1.165) is 10.9 Å². The maximum absolute atomic E-state index is 6.53. The van der Waals surface area contributed by atoms with Crippen LogP contribution in [0.4, 0.5) is 0 Å². The summed E-state index contributed by atoms with van der Waals surface area (Å²) in [4.78, 5) is 7.24. The van der Waals surface area contributed by atoms with E-state index in [2.05, 4.69) is 23.2 Å². The number of benzene rings is 1. The molecule has 2 heterocycles. The van der Waals surface area contributed by atoms with Gasteiger partial charge in [-0.2, -0.15) is 0 Å². The van der Waals surface area contributed by atoms with Gasteiger partial charge in [-0.15, -0.1) is 11.3 Å². The van der Waals surface area contributed by atoms with E-state index in [1.165, 1.54) is 40.1 Å². The number of aryl methyl sites for hydroxylation is 2. The van der Waals surface area contributed by atoms with Gasteiger partial charge in [0.25, 0.3) is 0 Å². The molecule has 2 aromatic heterocycles. The smallest absolute Gasteiger partial charge is 0.0705 e. The van der Waals surface area contributed by atoms with Gasteiger partial charge >= 0.3 is 0 Å². The standard InChI is InChI=1S/C17H16N2S/c18-17(16-10-11-4-1-8-15(11)20-16)13-5-2-7-14-12(13)6-3-9-19-14/h2-3,5-7,9-10,17H,1,4,8,18H2. The van der Waals surface area contributed by atoms with Gasteiger partial charge in [0.05, 0.1) is 11.6 Å². The van der Waals surface area contributed by atoms with E-state index in [9.17, 15) is 0 Å². The Hall–Kier alpha value is -1.71. The number of nitrogens with two attached hydrogens (primary N) is 1. The van der Waals surface area contributed by atoms with Crippen molar-refractivity contribution < 1.29 is 0 Å². The average Bonchev–Trinajstić information content (AvgIpc) is 3.07. The largest absolute Gasteiger partial charge is 0.320 e. The molecule has 3 aromatic rings. The summed E-state index contributed by atoms with van der Waals surface area (Å²) in [7, 11) is 0. The summed E-state index contributed by atoms with van der Waals surface area (Å²) in [6.45, 7) is 0. The first-order valence-corrected chi connectivity index (χ1v) is 7.85. The Morgan fingerprint density at radius 1 is 1.15 bits per heavy atom. The second kappa shape index (κ2) is 4.69. The first kappa shape index (κ1) is 12.1. The van der Waals surface area contributed by atoms with Crippen LogP contribution in [-0.2, 0) is 12.8 Å². The molecule has 1 aromatic carbocycles. The summed E-state index contributed by atoms with van der Waals surface area (Å²) < 4.78 is 0. The van der Waals surface area contributed by atoms with Crippen molar-refractivity contribution in [3.8, 4) is 0 Å². The van der Waals surface area contributed by atoms with E-state index >= 15 is 0 Å². The molecular formula is C17H16N2S. The Balaban J connectivity index is 1.81. The van der Waals surface area contributed by atoms with Crippen molar-refractivity contribution in [2.24, 2.45) is 5.73 Å². The lowest BCUT2D eigenvalue weighted by molar-refractivity contribution is 0.888. The van der Waals surface area contributed by atoms with Gasteiger partial charge in [-0.25, -0.2) is 0 Å². The van der Waals surface area contributed by atoms with Crippen LogP contribution >= 0.6 is 11.3 Å². The number of thiophene rings is 1. The summed E-state index contributed by atoms with van der Waals surface area (Å²) >= 11 is 1.89. The molecule has 20 heavy (non-hydrogen) atoms. The number of nitrogens with zero attached hydrogens (tertiary/aromatic N) is 1. The molecule has 0 fully saturated rings. The highest BCUT2D eigenvalue weighted by Gasteiger charge is 2.20. The first-order chi connectivity index (χ1) is 9.83. The van der Waals surface area contributed by atoms with Gasteiger partial charge in [-0.3, -0.25) is 4.98 Å². The third-order valence-corrected chi connectivity index (χ3v) is 5.41. The molecule has 0 saturated heterocycles. The zero-order valence-corrected chi connectivity index (χ0v) is 12.0. The van der Waals surface area contributed by atoms with Crippen molar-refractivity contribution in [2.45, 2.75) is 25.3 Å². The van der Waals surface area contributed by atoms with E-state index in [4.69, 9.17) is 5.73 Å². The topological polar surface area (TPSA) is 38.9 Å². The maximum Gasteiger partial charge on any atom is 0.0705 e. The van der Waals surface area contributed by atoms with E-state index in [-0.39, 0.29) is 6.04 Å². The highest BCUT2D eigenvalue weighted by atomic mass is 32.1. The fourth-order valence-corrected chi connectivity index (χ4v) is 4.34. The van der Waals surface area contributed by atoms with Gasteiger partial charge in [0.1, 0.15) is 0 Å². The van der Waals surface area contributed by atoms with Crippen molar-refractivity contribution in [1.29, 1.82) is 0 Å². The maximum atomic E-state index is 6.53. The van der Waals surface area contributed by atoms with Crippen LogP contribution in [-0.4, -0.2) is 4.98 Å². The second-order valence-corrected chi connectivity index (χ2v) is 6.51. The Morgan fingerprint density at radius 2 is 2.10 bits per heavy atom. The van der Waals surface area contributed by atoms with Crippen molar-refractivity contribution >= 4 is 22.2 Å². The fourth-order valence-electron chi connectivity index (χ4n) is 3.06. The molecule has 100 valence electrons. The molecular weight excluding hydrogens is 264 g/mol. The molecule has 2 N–H and O–H groups in total. The molecule has 4 rings (SSSR count). The molecule has 1 unspecified atom stereocenters. The lowest BCUT2D eigenvalue weighted by Crippen LogP contribution is -2.10. The lowest BCUT2D eigenvalue weighted by atomic mass is 10.0. The molecule has 0 radical (unpaired) electrons. The summed E-state index contributed by atoms with van der Waals surface area (Å²) in [6.07, 6.45) is 5.58. The van der Waals surface area contributed by atoms with Crippen LogP contribution in [0.5, 0.6) is 0 Å². The molecule has 1 aliphatic carbocycles. The number of hydrogen-bond donors (Lipinski definition) is 1. The quantitative estimate of drug-likeness (QED) is 0.774. The number of rotatable bonds is 2. The molecule has 0 saturated carbocycles. The van der Waals surface area contributed by atoms with Gasteiger partial charge in [0.15, 0.2) is 0 Å². The summed E-state index contributed by atoms with van der Waals surface area (Å²) in [6, 6.07) is 12.6. The van der Waals surface area contributed by atoms with E-state index in [1.807, 2.05) is 35.7 Å². The first-order valence-electron chi connectivity index (χ1n) is 7.03. The van der Waals surface area contributed by atoms with Gasteiger partial charge in [0.2, 0.25) is 0 Å². The zero-order valence-electron chi connectivity index (χ0n) is 11.2. The van der Waals surface area contributed by atoms with Crippen LogP contribution in [0.1, 0.15) is 33.3 Å². The monoisotopic (exact) mass is 280 g/mol. The number of fused-ring (bicyclic) bond motifs is 2. The molecule has 0 aliphatic heterocycles. The molecule has 0 bridgehead atoms. The zero-order chi connectivity index (χ0) is 13.5. The molecule has 0 amide bonds. The molecule has 2 nitrogen and oxygen atoms in total. The lowest BCUT2D eigenvalue weighted by Gasteiger charge is -2.13. The van der Waals surface area contributed by atoms with Crippen LogP contribution in [0.3, 0.4) is 0 Å². The van der Waals surface area contributed by atoms with Gasteiger partial charge in [0, 0.05) is 21.3 Å². The Bertz CT molecular complexity index is 749. The third-order valence-electron chi connectivity index (χ3n) is 4.09. The molecule has 1 atom stereocenters. The molecule has 1 aliphatic rings. The van der Waals surface area contributed by atoms with Crippen LogP contribution in [0.15, 0.2) is 42.6 Å². The third kappa shape index (κ3) is 1.86. The van der Waals surface area contributed by atoms with Gasteiger partial charge in [-0.1, -0.05) is 18.2 Å². The minimum absolute atomic E-state index is 0.0431. The predicted molar refractivity (Wildman–Crippen MR) is 84.1 cm³/mol. The number of hydrogen-bond acceptors (Lipinski definition) is 3. The van der Waals surface area contributed by atoms with E-state index < -0.39 is 0 Å². The van der Waals surface area contributed by atoms with Crippen molar-refractivity contribution in [2.75, 3.05) is 0 Å². The minimum Gasteiger partial charge on any atom is -0.320 e. The van der Waals surface area contributed by atoms with Gasteiger partial charge < -0.3 is 5.73 Å². The Kier molecular flexibility index (Phi) is 2.83. The highest BCUT2D eigenvalue weighted by molar-refractivity contribution is 7.12. The SMILES string of the molecule is NC(c1cc2c(s1)CCC2)c1cccc2ncccc12. The number of pyridine rings is 1. The highest BCUT2D eigenvalue weighted by Crippen LogP contribution is 2.36. The van der Waals surface area contributed by atoms with Crippen molar-refractivity contribution in [3.63, 3.8) is 0 Å².